The first-order chi connectivity index (χ1) is 21.4. The van der Waals surface area contributed by atoms with Gasteiger partial charge in [0.2, 0.25) is 0 Å². The van der Waals surface area contributed by atoms with Gasteiger partial charge in [0, 0.05) is 71.4 Å². The minimum Gasteiger partial charge on any atom is -0.464 e. The fourth-order valence-corrected chi connectivity index (χ4v) is 6.89. The number of rotatable bonds is 7. The molecule has 1 saturated heterocycles. The molecule has 8 nitrogen and oxygen atoms in total. The van der Waals surface area contributed by atoms with E-state index in [1.165, 1.54) is 0 Å². The number of esters is 1. The molecular weight excluding hydrogens is 606 g/mol. The third-order valence-electron chi connectivity index (χ3n) is 7.67. The van der Waals surface area contributed by atoms with Gasteiger partial charge in [0.1, 0.15) is 10.8 Å². The minimum atomic E-state index is -0.929. The number of aliphatic imine (C=N–C) groups is 1. The summed E-state index contributed by atoms with van der Waals surface area (Å²) in [7, 11) is 1.82. The van der Waals surface area contributed by atoms with Crippen LogP contribution >= 0.6 is 22.9 Å². The standard InChI is InChI=1S/C35H40ClN5O3S/c1-8-43-34(42)31(44-35(4,5)6)29-20(2)17-27-32(30(29)22-9-11-24(36)12-10-22)45-33(40-27)23-13-15-39-28(18-23)41-16-14-26(38-7)25(19-41)21(3)37/h9-13,15,17-18,31H,8,14,16,19,37H2,1-7H3. The lowest BCUT2D eigenvalue weighted by Crippen LogP contribution is -2.37. The fraction of sp³-hybridized carbons (Fsp3) is 0.371. The Morgan fingerprint density at radius 3 is 2.56 bits per heavy atom. The van der Waals surface area contributed by atoms with Crippen LogP contribution in [0.3, 0.4) is 0 Å². The molecule has 236 valence electrons. The summed E-state index contributed by atoms with van der Waals surface area (Å²) in [4.78, 5) is 29.9. The highest BCUT2D eigenvalue weighted by molar-refractivity contribution is 7.22. The van der Waals surface area contributed by atoms with Crippen molar-refractivity contribution in [1.82, 2.24) is 9.97 Å². The second-order valence-corrected chi connectivity index (χ2v) is 13.6. The number of aromatic nitrogens is 2. The van der Waals surface area contributed by atoms with E-state index in [1.807, 2.05) is 84.3 Å². The highest BCUT2D eigenvalue weighted by atomic mass is 35.5. The van der Waals surface area contributed by atoms with E-state index in [2.05, 4.69) is 16.0 Å². The van der Waals surface area contributed by atoms with Crippen molar-refractivity contribution in [3.05, 3.63) is 76.1 Å². The SMILES string of the molecule is CCOC(=O)C(OC(C)(C)C)c1c(C)cc2nc(-c3ccnc(N4CCC(=NC)C(=C(C)N)C4)c3)sc2c1-c1ccc(Cl)cc1. The fourth-order valence-electron chi connectivity index (χ4n) is 5.64. The van der Waals surface area contributed by atoms with Crippen molar-refractivity contribution in [2.24, 2.45) is 10.7 Å². The Hall–Kier alpha value is -3.79. The maximum atomic E-state index is 13.5. The summed E-state index contributed by atoms with van der Waals surface area (Å²) in [5.41, 5.74) is 13.8. The van der Waals surface area contributed by atoms with Gasteiger partial charge in [-0.05, 0) is 83.0 Å². The minimum absolute atomic E-state index is 0.251. The van der Waals surface area contributed by atoms with Gasteiger partial charge in [-0.3, -0.25) is 4.99 Å². The Bertz CT molecular complexity index is 1790. The van der Waals surface area contributed by atoms with Crippen LogP contribution in [0, 0.1) is 6.92 Å². The highest BCUT2D eigenvalue weighted by Gasteiger charge is 2.33. The van der Waals surface area contributed by atoms with Crippen LogP contribution in [0.4, 0.5) is 5.82 Å². The topological polar surface area (TPSA) is 103 Å². The Morgan fingerprint density at radius 1 is 1.18 bits per heavy atom. The number of hydrogen-bond acceptors (Lipinski definition) is 9. The second-order valence-electron chi connectivity index (χ2n) is 12.1. The molecule has 10 heteroatoms. The Balaban J connectivity index is 1.66. The van der Waals surface area contributed by atoms with Crippen molar-refractivity contribution in [1.29, 1.82) is 0 Å². The molecule has 0 saturated carbocycles. The lowest BCUT2D eigenvalue weighted by atomic mass is 9.91. The lowest BCUT2D eigenvalue weighted by Gasteiger charge is -2.31. The monoisotopic (exact) mass is 645 g/mol. The molecule has 1 aliphatic heterocycles. The number of anilines is 1. The molecule has 0 aliphatic carbocycles. The van der Waals surface area contributed by atoms with Crippen LogP contribution in [-0.4, -0.2) is 54.0 Å². The predicted molar refractivity (Wildman–Crippen MR) is 185 cm³/mol. The molecule has 3 heterocycles. The largest absolute Gasteiger partial charge is 0.464 e. The molecule has 45 heavy (non-hydrogen) atoms. The number of piperidine rings is 1. The number of benzene rings is 2. The number of ether oxygens (including phenoxy) is 2. The van der Waals surface area contributed by atoms with Gasteiger partial charge in [-0.1, -0.05) is 23.7 Å². The van der Waals surface area contributed by atoms with E-state index in [-0.39, 0.29) is 6.61 Å². The van der Waals surface area contributed by atoms with Gasteiger partial charge in [0.15, 0.2) is 6.10 Å². The number of carbonyl (C=O) groups is 1. The Kier molecular flexibility index (Phi) is 9.63. The van der Waals surface area contributed by atoms with Crippen LogP contribution in [0.25, 0.3) is 31.9 Å². The van der Waals surface area contributed by atoms with Gasteiger partial charge in [-0.2, -0.15) is 0 Å². The lowest BCUT2D eigenvalue weighted by molar-refractivity contribution is -0.166. The average molecular weight is 646 g/mol. The number of allylic oxidation sites excluding steroid dienone is 1. The Labute approximate surface area is 274 Å². The van der Waals surface area contributed by atoms with Crippen LogP contribution in [0.5, 0.6) is 0 Å². The summed E-state index contributed by atoms with van der Waals surface area (Å²) in [6.07, 6.45) is 1.70. The molecule has 0 amide bonds. The maximum absolute atomic E-state index is 13.5. The van der Waals surface area contributed by atoms with Crippen LogP contribution in [-0.2, 0) is 14.3 Å². The molecule has 2 N–H and O–H groups in total. The number of halogens is 1. The van der Waals surface area contributed by atoms with E-state index in [9.17, 15) is 4.79 Å². The van der Waals surface area contributed by atoms with Gasteiger partial charge in [-0.15, -0.1) is 11.3 Å². The van der Waals surface area contributed by atoms with E-state index in [0.29, 0.717) is 11.6 Å². The van der Waals surface area contributed by atoms with Crippen molar-refractivity contribution in [2.45, 2.75) is 59.7 Å². The number of carbonyl (C=O) groups excluding carboxylic acids is 1. The zero-order valence-electron chi connectivity index (χ0n) is 26.9. The van der Waals surface area contributed by atoms with E-state index in [1.54, 1.807) is 18.3 Å². The molecule has 1 unspecified atom stereocenters. The summed E-state index contributed by atoms with van der Waals surface area (Å²) in [5, 5.41) is 1.48. The van der Waals surface area contributed by atoms with Crippen molar-refractivity contribution in [3.63, 3.8) is 0 Å². The average Bonchev–Trinajstić information content (AvgIpc) is 3.43. The number of thiazole rings is 1. The first-order valence-corrected chi connectivity index (χ1v) is 16.3. The van der Waals surface area contributed by atoms with Crippen molar-refractivity contribution < 1.29 is 14.3 Å². The number of aryl methyl sites for hydroxylation is 1. The molecule has 0 bridgehead atoms. The van der Waals surface area contributed by atoms with Crippen molar-refractivity contribution >= 4 is 50.7 Å². The molecule has 0 spiro atoms. The highest BCUT2D eigenvalue weighted by Crippen LogP contribution is 2.45. The normalized spacial score (nSPS) is 16.7. The summed E-state index contributed by atoms with van der Waals surface area (Å²) < 4.78 is 12.9. The smallest absolute Gasteiger partial charge is 0.339 e. The second kappa shape index (κ2) is 13.3. The summed E-state index contributed by atoms with van der Waals surface area (Å²) in [6, 6.07) is 13.7. The first kappa shape index (κ1) is 32.6. The molecule has 2 aromatic heterocycles. The predicted octanol–water partition coefficient (Wildman–Crippen LogP) is 7.92. The van der Waals surface area contributed by atoms with Gasteiger partial charge in [-0.25, -0.2) is 14.8 Å². The van der Waals surface area contributed by atoms with Crippen LogP contribution in [0.15, 0.2) is 64.9 Å². The van der Waals surface area contributed by atoms with E-state index < -0.39 is 17.7 Å². The van der Waals surface area contributed by atoms with Gasteiger partial charge >= 0.3 is 5.97 Å². The maximum Gasteiger partial charge on any atom is 0.339 e. The van der Waals surface area contributed by atoms with E-state index >= 15 is 0 Å². The summed E-state index contributed by atoms with van der Waals surface area (Å²) >= 11 is 7.88. The van der Waals surface area contributed by atoms with Crippen molar-refractivity contribution in [2.75, 3.05) is 31.6 Å². The molecule has 1 atom stereocenters. The number of fused-ring (bicyclic) bond motifs is 1. The van der Waals surface area contributed by atoms with Crippen LogP contribution in [0.2, 0.25) is 5.02 Å². The third-order valence-corrected chi connectivity index (χ3v) is 9.06. The molecule has 2 aromatic carbocycles. The molecule has 5 rings (SSSR count). The molecule has 1 fully saturated rings. The number of nitrogens with two attached hydrogens (primary N) is 1. The zero-order valence-corrected chi connectivity index (χ0v) is 28.5. The molecular formula is C35H40ClN5O3S. The first-order valence-electron chi connectivity index (χ1n) is 15.1. The number of nitrogens with zero attached hydrogens (tertiary/aromatic N) is 4. The summed E-state index contributed by atoms with van der Waals surface area (Å²) in [6.45, 7) is 13.2. The van der Waals surface area contributed by atoms with Gasteiger partial charge in [0.05, 0.1) is 22.4 Å². The van der Waals surface area contributed by atoms with Gasteiger partial charge < -0.3 is 20.1 Å². The van der Waals surface area contributed by atoms with Crippen molar-refractivity contribution in [3.8, 4) is 21.7 Å². The van der Waals surface area contributed by atoms with E-state index in [0.717, 1.165) is 78.8 Å². The Morgan fingerprint density at radius 2 is 1.91 bits per heavy atom. The quantitative estimate of drug-likeness (QED) is 0.204. The van der Waals surface area contributed by atoms with Crippen LogP contribution in [0.1, 0.15) is 58.3 Å². The number of hydrogen-bond donors (Lipinski definition) is 1. The van der Waals surface area contributed by atoms with Gasteiger partial charge in [0.25, 0.3) is 0 Å². The molecule has 1 aliphatic rings. The third kappa shape index (κ3) is 7.06. The van der Waals surface area contributed by atoms with E-state index in [4.69, 9.17) is 36.8 Å². The van der Waals surface area contributed by atoms with Crippen LogP contribution < -0.4 is 10.6 Å². The molecule has 0 radical (unpaired) electrons. The number of pyridine rings is 1. The molecule has 4 aromatic rings. The summed E-state index contributed by atoms with van der Waals surface area (Å²) in [5.74, 6) is 0.434. The zero-order chi connectivity index (χ0) is 32.5.